The molecule has 0 atom stereocenters. The van der Waals surface area contributed by atoms with Gasteiger partial charge in [-0.1, -0.05) is 97.1 Å². The molecule has 55 heavy (non-hydrogen) atoms. The van der Waals surface area contributed by atoms with Crippen LogP contribution < -0.4 is 9.64 Å². The molecule has 4 heterocycles. The van der Waals surface area contributed by atoms with Gasteiger partial charge in [0, 0.05) is 38.6 Å². The first-order valence-corrected chi connectivity index (χ1v) is 18.6. The highest BCUT2D eigenvalue weighted by molar-refractivity contribution is 6.20. The summed E-state index contributed by atoms with van der Waals surface area (Å²) in [6, 6.07) is 66.4. The summed E-state index contributed by atoms with van der Waals surface area (Å²) in [7, 11) is 0. The van der Waals surface area contributed by atoms with Crippen LogP contribution in [0.25, 0.3) is 77.3 Å². The summed E-state index contributed by atoms with van der Waals surface area (Å²) in [5, 5.41) is 5.86. The van der Waals surface area contributed by atoms with Gasteiger partial charge in [0.15, 0.2) is 11.5 Å². The predicted octanol–water partition coefficient (Wildman–Crippen LogP) is 13.9. The Labute approximate surface area is 316 Å². The Balaban J connectivity index is 0.957. The second-order valence-electron chi connectivity index (χ2n) is 14.2. The van der Waals surface area contributed by atoms with Crippen LogP contribution in [0, 0.1) is 0 Å². The first-order chi connectivity index (χ1) is 27.3. The second-order valence-corrected chi connectivity index (χ2v) is 14.2. The van der Waals surface area contributed by atoms with E-state index in [1.165, 1.54) is 21.7 Å². The highest BCUT2D eigenvalue weighted by Gasteiger charge is 2.26. The van der Waals surface area contributed by atoms with Crippen molar-refractivity contribution >= 4 is 71.8 Å². The van der Waals surface area contributed by atoms with E-state index in [2.05, 4.69) is 172 Å². The summed E-state index contributed by atoms with van der Waals surface area (Å²) in [4.78, 5) is 2.30. The molecule has 0 unspecified atom stereocenters. The third kappa shape index (κ3) is 4.41. The van der Waals surface area contributed by atoms with Crippen LogP contribution in [0.15, 0.2) is 192 Å². The van der Waals surface area contributed by atoms with Gasteiger partial charge in [0.1, 0.15) is 5.58 Å². The van der Waals surface area contributed by atoms with E-state index in [4.69, 9.17) is 9.15 Å². The molecule has 0 radical (unpaired) electrons. The molecule has 1 aliphatic heterocycles. The number of furan rings is 1. The highest BCUT2D eigenvalue weighted by atomic mass is 16.5. The van der Waals surface area contributed by atoms with Gasteiger partial charge in [-0.2, -0.15) is 0 Å². The van der Waals surface area contributed by atoms with Gasteiger partial charge in [-0.25, -0.2) is 0 Å². The second kappa shape index (κ2) is 11.5. The molecule has 0 N–H and O–H groups in total. The number of benzene rings is 8. The molecule has 0 amide bonds. The van der Waals surface area contributed by atoms with Crippen molar-refractivity contribution in [3.63, 3.8) is 0 Å². The number of para-hydroxylation sites is 7. The minimum absolute atomic E-state index is 0.846. The maximum atomic E-state index is 6.70. The number of aromatic nitrogens is 2. The summed E-state index contributed by atoms with van der Waals surface area (Å²) in [5.74, 6) is 1.69. The van der Waals surface area contributed by atoms with Gasteiger partial charge < -0.3 is 18.6 Å². The van der Waals surface area contributed by atoms with Crippen LogP contribution in [0.5, 0.6) is 11.5 Å². The van der Waals surface area contributed by atoms with Crippen molar-refractivity contribution in [3.05, 3.63) is 188 Å². The number of anilines is 3. The van der Waals surface area contributed by atoms with Crippen LogP contribution in [-0.4, -0.2) is 9.13 Å². The molecular formula is C50H31N3O2. The lowest BCUT2D eigenvalue weighted by atomic mass is 10.0. The SMILES string of the molecule is c1ccc(-n2c3ccccc3c3c4ccc(-c5ccc(-n6c7ccccc7c7cc(N8c9ccccc9Oc9ccccc98)ccc76)cc5)cc4oc32)cc1. The van der Waals surface area contributed by atoms with Crippen LogP contribution in [0.1, 0.15) is 0 Å². The summed E-state index contributed by atoms with van der Waals surface area (Å²) < 4.78 is 17.6. The van der Waals surface area contributed by atoms with Gasteiger partial charge in [0.05, 0.1) is 33.3 Å². The zero-order valence-electron chi connectivity index (χ0n) is 29.6. The van der Waals surface area contributed by atoms with Crippen molar-refractivity contribution in [2.24, 2.45) is 0 Å². The van der Waals surface area contributed by atoms with E-state index in [1.54, 1.807) is 0 Å². The molecular weight excluding hydrogens is 675 g/mol. The first-order valence-electron chi connectivity index (χ1n) is 18.6. The third-order valence-electron chi connectivity index (χ3n) is 11.1. The number of ether oxygens (including phenoxy) is 1. The number of fused-ring (bicyclic) bond motifs is 10. The summed E-state index contributed by atoms with van der Waals surface area (Å²) >= 11 is 0. The van der Waals surface area contributed by atoms with Crippen LogP contribution in [0.3, 0.4) is 0 Å². The Morgan fingerprint density at radius 3 is 1.71 bits per heavy atom. The third-order valence-corrected chi connectivity index (χ3v) is 11.1. The lowest BCUT2D eigenvalue weighted by Gasteiger charge is -2.32. The molecule has 3 aromatic heterocycles. The Hall–Kier alpha value is -7.50. The Bertz CT molecular complexity index is 3250. The molecule has 5 nitrogen and oxygen atoms in total. The molecule has 0 saturated heterocycles. The van der Waals surface area contributed by atoms with Crippen molar-refractivity contribution in [2.45, 2.75) is 0 Å². The Kier molecular flexibility index (Phi) is 6.27. The zero-order chi connectivity index (χ0) is 36.0. The van der Waals surface area contributed by atoms with Crippen molar-refractivity contribution < 1.29 is 9.15 Å². The maximum Gasteiger partial charge on any atom is 0.213 e. The smallest absolute Gasteiger partial charge is 0.213 e. The summed E-state index contributed by atoms with van der Waals surface area (Å²) in [5.41, 5.74) is 12.8. The highest BCUT2D eigenvalue weighted by Crippen LogP contribution is 2.51. The number of hydrogen-bond acceptors (Lipinski definition) is 3. The lowest BCUT2D eigenvalue weighted by Crippen LogP contribution is -2.15. The van der Waals surface area contributed by atoms with Crippen molar-refractivity contribution in [2.75, 3.05) is 4.90 Å². The molecule has 12 rings (SSSR count). The quantitative estimate of drug-likeness (QED) is 0.183. The van der Waals surface area contributed by atoms with Gasteiger partial charge in [0.2, 0.25) is 5.71 Å². The summed E-state index contributed by atoms with van der Waals surface area (Å²) in [6.45, 7) is 0. The Morgan fingerprint density at radius 2 is 0.945 bits per heavy atom. The van der Waals surface area contributed by atoms with E-state index >= 15 is 0 Å². The summed E-state index contributed by atoms with van der Waals surface area (Å²) in [6.07, 6.45) is 0. The van der Waals surface area contributed by atoms with Gasteiger partial charge in [-0.15, -0.1) is 0 Å². The normalized spacial score (nSPS) is 12.5. The molecule has 0 bridgehead atoms. The van der Waals surface area contributed by atoms with Crippen LogP contribution in [0.2, 0.25) is 0 Å². The number of hydrogen-bond donors (Lipinski definition) is 0. The molecule has 0 spiro atoms. The zero-order valence-corrected chi connectivity index (χ0v) is 29.6. The molecule has 0 aliphatic carbocycles. The minimum atomic E-state index is 0.846. The van der Waals surface area contributed by atoms with Crippen molar-refractivity contribution in [1.82, 2.24) is 9.13 Å². The van der Waals surface area contributed by atoms with E-state index in [0.29, 0.717) is 0 Å². The molecule has 8 aromatic carbocycles. The fourth-order valence-corrected chi connectivity index (χ4v) is 8.67. The largest absolute Gasteiger partial charge is 0.453 e. The van der Waals surface area contributed by atoms with Gasteiger partial charge in [-0.3, -0.25) is 4.57 Å². The minimum Gasteiger partial charge on any atom is -0.453 e. The topological polar surface area (TPSA) is 35.5 Å². The molecule has 258 valence electrons. The van der Waals surface area contributed by atoms with E-state index < -0.39 is 0 Å². The lowest BCUT2D eigenvalue weighted by molar-refractivity contribution is 0.477. The average Bonchev–Trinajstić information content (AvgIpc) is 3.89. The van der Waals surface area contributed by atoms with E-state index in [0.717, 1.165) is 84.2 Å². The molecule has 5 heteroatoms. The van der Waals surface area contributed by atoms with Crippen molar-refractivity contribution in [1.29, 1.82) is 0 Å². The fourth-order valence-electron chi connectivity index (χ4n) is 8.67. The van der Waals surface area contributed by atoms with E-state index in [1.807, 2.05) is 30.3 Å². The monoisotopic (exact) mass is 705 g/mol. The number of nitrogens with zero attached hydrogens (tertiary/aromatic N) is 3. The molecule has 0 fully saturated rings. The Morgan fingerprint density at radius 1 is 0.364 bits per heavy atom. The van der Waals surface area contributed by atoms with Gasteiger partial charge >= 0.3 is 0 Å². The van der Waals surface area contributed by atoms with Crippen LogP contribution >= 0.6 is 0 Å². The fraction of sp³-hybridized carbons (Fsp3) is 0. The van der Waals surface area contributed by atoms with Gasteiger partial charge in [-0.05, 0) is 102 Å². The molecule has 11 aromatic rings. The van der Waals surface area contributed by atoms with Crippen molar-refractivity contribution in [3.8, 4) is 34.0 Å². The standard InChI is InChI=1S/C50H31N3O2/c1-2-12-34(13-3-1)53-42-17-7-5-15-38(42)49-39-28-24-33(30-48(39)55-50(49)53)32-22-25-35(26-23-32)51-41-16-6-4-14-37(41)40-31-36(27-29-43(40)51)52-44-18-8-10-20-46(44)54-47-21-11-9-19-45(47)52/h1-31H. The average molecular weight is 706 g/mol. The first kappa shape index (κ1) is 30.0. The van der Waals surface area contributed by atoms with E-state index in [-0.39, 0.29) is 0 Å². The number of rotatable bonds is 4. The predicted molar refractivity (Wildman–Crippen MR) is 225 cm³/mol. The van der Waals surface area contributed by atoms with Crippen LogP contribution in [0.4, 0.5) is 17.1 Å². The maximum absolute atomic E-state index is 6.70. The molecule has 1 aliphatic rings. The van der Waals surface area contributed by atoms with E-state index in [9.17, 15) is 0 Å². The van der Waals surface area contributed by atoms with Gasteiger partial charge in [0.25, 0.3) is 0 Å². The molecule has 0 saturated carbocycles. The van der Waals surface area contributed by atoms with Crippen LogP contribution in [-0.2, 0) is 0 Å².